The van der Waals surface area contributed by atoms with Crippen molar-refractivity contribution in [1.29, 1.82) is 0 Å². The first-order valence-electron chi connectivity index (χ1n) is 8.00. The molecule has 116 valence electrons. The molecule has 0 aromatic heterocycles. The molecule has 0 radical (unpaired) electrons. The Labute approximate surface area is 122 Å². The highest BCUT2D eigenvalue weighted by atomic mass is 16.3. The highest BCUT2D eigenvalue weighted by Crippen LogP contribution is 2.29. The lowest BCUT2D eigenvalue weighted by Gasteiger charge is -2.34. The van der Waals surface area contributed by atoms with Gasteiger partial charge in [0, 0.05) is 25.2 Å². The van der Waals surface area contributed by atoms with E-state index in [0.29, 0.717) is 0 Å². The van der Waals surface area contributed by atoms with Crippen molar-refractivity contribution in [2.45, 2.75) is 70.0 Å². The molecule has 2 fully saturated rings. The fourth-order valence-electron chi connectivity index (χ4n) is 3.08. The fourth-order valence-corrected chi connectivity index (χ4v) is 3.08. The van der Waals surface area contributed by atoms with Crippen LogP contribution in [0.15, 0.2) is 0 Å². The van der Waals surface area contributed by atoms with Crippen LogP contribution in [0, 0.1) is 0 Å². The van der Waals surface area contributed by atoms with E-state index >= 15 is 0 Å². The molecule has 1 heterocycles. The van der Waals surface area contributed by atoms with Gasteiger partial charge in [-0.25, -0.2) is 4.79 Å². The van der Waals surface area contributed by atoms with E-state index in [1.54, 1.807) is 0 Å². The Hall–Kier alpha value is -0.810. The van der Waals surface area contributed by atoms with Crippen LogP contribution < -0.4 is 10.6 Å². The molecular formula is C15H29N3O2. The standard InChI is InChI=1S/C15H29N3O2/c1-3-8-15(2,11-19)17-14(20)16-12-6-9-18(10-7-12)13-4-5-13/h12-13,19H,3-11H2,1-2H3,(H2,16,17,20). The van der Waals surface area contributed by atoms with Crippen molar-refractivity contribution >= 4 is 6.03 Å². The maximum absolute atomic E-state index is 12.0. The summed E-state index contributed by atoms with van der Waals surface area (Å²) < 4.78 is 0. The molecule has 20 heavy (non-hydrogen) atoms. The molecule has 3 N–H and O–H groups in total. The highest BCUT2D eigenvalue weighted by Gasteiger charge is 2.32. The minimum Gasteiger partial charge on any atom is -0.394 e. The largest absolute Gasteiger partial charge is 0.394 e. The first-order chi connectivity index (χ1) is 9.56. The number of nitrogens with one attached hydrogen (secondary N) is 2. The Morgan fingerprint density at radius 1 is 1.30 bits per heavy atom. The van der Waals surface area contributed by atoms with E-state index in [9.17, 15) is 9.90 Å². The van der Waals surface area contributed by atoms with E-state index < -0.39 is 5.54 Å². The second kappa shape index (κ2) is 6.76. The molecule has 1 atom stereocenters. The summed E-state index contributed by atoms with van der Waals surface area (Å²) in [5, 5.41) is 15.4. The van der Waals surface area contributed by atoms with Crippen molar-refractivity contribution in [3.8, 4) is 0 Å². The third-order valence-electron chi connectivity index (χ3n) is 4.49. The van der Waals surface area contributed by atoms with Crippen molar-refractivity contribution in [1.82, 2.24) is 15.5 Å². The zero-order valence-electron chi connectivity index (χ0n) is 12.8. The number of rotatable bonds is 6. The molecule has 1 unspecified atom stereocenters. The number of carbonyl (C=O) groups is 1. The van der Waals surface area contributed by atoms with Crippen LogP contribution in [0.3, 0.4) is 0 Å². The Morgan fingerprint density at radius 3 is 2.45 bits per heavy atom. The number of hydrogen-bond acceptors (Lipinski definition) is 3. The van der Waals surface area contributed by atoms with Crippen LogP contribution in [0.5, 0.6) is 0 Å². The molecule has 1 saturated heterocycles. The molecule has 5 heteroatoms. The molecule has 0 bridgehead atoms. The summed E-state index contributed by atoms with van der Waals surface area (Å²) in [6.45, 7) is 6.13. The van der Waals surface area contributed by atoms with Crippen LogP contribution in [0.25, 0.3) is 0 Å². The first kappa shape index (κ1) is 15.6. The van der Waals surface area contributed by atoms with Gasteiger partial charge in [-0.15, -0.1) is 0 Å². The van der Waals surface area contributed by atoms with Gasteiger partial charge in [0.25, 0.3) is 0 Å². The summed E-state index contributed by atoms with van der Waals surface area (Å²) in [4.78, 5) is 14.6. The van der Waals surface area contributed by atoms with Crippen molar-refractivity contribution in [2.75, 3.05) is 19.7 Å². The zero-order valence-corrected chi connectivity index (χ0v) is 12.8. The predicted octanol–water partition coefficient (Wildman–Crippen LogP) is 1.46. The van der Waals surface area contributed by atoms with Gasteiger partial charge in [0.15, 0.2) is 0 Å². The fraction of sp³-hybridized carbons (Fsp3) is 0.933. The lowest BCUT2D eigenvalue weighted by atomic mass is 9.97. The van der Waals surface area contributed by atoms with Crippen molar-refractivity contribution in [3.63, 3.8) is 0 Å². The second-order valence-electron chi connectivity index (χ2n) is 6.61. The van der Waals surface area contributed by atoms with Crippen LogP contribution in [0.2, 0.25) is 0 Å². The van der Waals surface area contributed by atoms with E-state index in [0.717, 1.165) is 44.8 Å². The number of aliphatic hydroxyl groups excluding tert-OH is 1. The van der Waals surface area contributed by atoms with Gasteiger partial charge in [0.2, 0.25) is 0 Å². The van der Waals surface area contributed by atoms with Crippen molar-refractivity contribution in [3.05, 3.63) is 0 Å². The number of hydrogen-bond donors (Lipinski definition) is 3. The summed E-state index contributed by atoms with van der Waals surface area (Å²) in [5.74, 6) is 0. The van der Waals surface area contributed by atoms with E-state index in [-0.39, 0.29) is 18.7 Å². The molecule has 1 aliphatic carbocycles. The van der Waals surface area contributed by atoms with Gasteiger partial charge in [-0.2, -0.15) is 0 Å². The number of nitrogens with zero attached hydrogens (tertiary/aromatic N) is 1. The molecular weight excluding hydrogens is 254 g/mol. The highest BCUT2D eigenvalue weighted by molar-refractivity contribution is 5.75. The molecule has 5 nitrogen and oxygen atoms in total. The van der Waals surface area contributed by atoms with Crippen LogP contribution in [-0.2, 0) is 0 Å². The Balaban J connectivity index is 1.71. The van der Waals surface area contributed by atoms with Gasteiger partial charge < -0.3 is 20.6 Å². The third-order valence-corrected chi connectivity index (χ3v) is 4.49. The Bertz CT molecular complexity index is 325. The summed E-state index contributed by atoms with van der Waals surface area (Å²) in [6.07, 6.45) is 6.50. The van der Waals surface area contributed by atoms with Crippen molar-refractivity contribution < 1.29 is 9.90 Å². The van der Waals surface area contributed by atoms with Gasteiger partial charge >= 0.3 is 6.03 Å². The Morgan fingerprint density at radius 2 is 1.95 bits per heavy atom. The van der Waals surface area contributed by atoms with Gasteiger partial charge in [0.1, 0.15) is 0 Å². The number of urea groups is 1. The minimum atomic E-state index is -0.506. The average Bonchev–Trinajstić information content (AvgIpc) is 3.24. The first-order valence-corrected chi connectivity index (χ1v) is 8.00. The van der Waals surface area contributed by atoms with Crippen LogP contribution in [0.4, 0.5) is 4.79 Å². The number of piperidine rings is 1. The number of likely N-dealkylation sites (tertiary alicyclic amines) is 1. The van der Waals surface area contributed by atoms with Crippen LogP contribution in [-0.4, -0.2) is 53.4 Å². The molecule has 1 saturated carbocycles. The lowest BCUT2D eigenvalue weighted by Crippen LogP contribution is -2.55. The maximum atomic E-state index is 12.0. The van der Waals surface area contributed by atoms with Gasteiger partial charge in [-0.3, -0.25) is 0 Å². The zero-order chi connectivity index (χ0) is 14.6. The number of aliphatic hydroxyl groups is 1. The van der Waals surface area contributed by atoms with E-state index in [1.165, 1.54) is 12.8 Å². The van der Waals surface area contributed by atoms with Crippen molar-refractivity contribution in [2.24, 2.45) is 0 Å². The quantitative estimate of drug-likeness (QED) is 0.691. The monoisotopic (exact) mass is 283 g/mol. The maximum Gasteiger partial charge on any atom is 0.315 e. The van der Waals surface area contributed by atoms with Gasteiger partial charge in [0.05, 0.1) is 12.1 Å². The van der Waals surface area contributed by atoms with Gasteiger partial charge in [-0.1, -0.05) is 13.3 Å². The number of carbonyl (C=O) groups excluding carboxylic acids is 1. The molecule has 0 aromatic carbocycles. The molecule has 0 aromatic rings. The van der Waals surface area contributed by atoms with E-state index in [1.807, 2.05) is 6.92 Å². The van der Waals surface area contributed by atoms with E-state index in [2.05, 4.69) is 22.5 Å². The molecule has 2 rings (SSSR count). The summed E-state index contributed by atoms with van der Waals surface area (Å²) >= 11 is 0. The van der Waals surface area contributed by atoms with Crippen LogP contribution in [0.1, 0.15) is 52.4 Å². The normalized spacial score (nSPS) is 24.1. The van der Waals surface area contributed by atoms with Gasteiger partial charge in [-0.05, 0) is 39.0 Å². The molecule has 2 aliphatic rings. The van der Waals surface area contributed by atoms with E-state index in [4.69, 9.17) is 0 Å². The summed E-state index contributed by atoms with van der Waals surface area (Å²) in [5.41, 5.74) is -0.506. The minimum absolute atomic E-state index is 0.0195. The second-order valence-corrected chi connectivity index (χ2v) is 6.61. The Kier molecular flexibility index (Phi) is 5.27. The molecule has 0 spiro atoms. The lowest BCUT2D eigenvalue weighted by molar-refractivity contribution is 0.155. The smallest absolute Gasteiger partial charge is 0.315 e. The predicted molar refractivity (Wildman–Crippen MR) is 79.7 cm³/mol. The SMILES string of the molecule is CCCC(C)(CO)NC(=O)NC1CCN(C2CC2)CC1. The molecule has 1 aliphatic heterocycles. The number of amides is 2. The summed E-state index contributed by atoms with van der Waals surface area (Å²) in [6, 6.07) is 0.960. The molecule has 2 amide bonds. The average molecular weight is 283 g/mol. The summed E-state index contributed by atoms with van der Waals surface area (Å²) in [7, 11) is 0. The topological polar surface area (TPSA) is 64.6 Å². The third kappa shape index (κ3) is 4.35. The van der Waals surface area contributed by atoms with Crippen LogP contribution >= 0.6 is 0 Å².